The van der Waals surface area contributed by atoms with E-state index in [4.69, 9.17) is 26.5 Å². The van der Waals surface area contributed by atoms with Crippen LogP contribution in [-0.2, 0) is 0 Å². The SMILES string of the molecule is NC[C@@H]1CNc2c(oc3ccc4nc(Oc5cc(Cl)ncn5)ccc4c23)C(=O)N1. The van der Waals surface area contributed by atoms with Crippen LogP contribution in [0.4, 0.5) is 5.69 Å². The zero-order valence-electron chi connectivity index (χ0n) is 15.0. The molecule has 0 spiro atoms. The summed E-state index contributed by atoms with van der Waals surface area (Å²) in [6, 6.07) is 8.50. The Balaban J connectivity index is 1.59. The van der Waals surface area contributed by atoms with Gasteiger partial charge in [-0.05, 0) is 18.2 Å². The molecule has 0 radical (unpaired) electrons. The lowest BCUT2D eigenvalue weighted by Crippen LogP contribution is -2.42. The van der Waals surface area contributed by atoms with Crippen molar-refractivity contribution in [2.75, 3.05) is 18.4 Å². The first-order valence-corrected chi connectivity index (χ1v) is 9.26. The van der Waals surface area contributed by atoms with Gasteiger partial charge in [-0.2, -0.15) is 0 Å². The summed E-state index contributed by atoms with van der Waals surface area (Å²) in [6.45, 7) is 0.834. The zero-order chi connectivity index (χ0) is 20.0. The molecule has 9 nitrogen and oxygen atoms in total. The lowest BCUT2D eigenvalue weighted by Gasteiger charge is -2.13. The lowest BCUT2D eigenvalue weighted by molar-refractivity contribution is 0.0918. The van der Waals surface area contributed by atoms with Gasteiger partial charge in [0.05, 0.1) is 22.6 Å². The summed E-state index contributed by atoms with van der Waals surface area (Å²) >= 11 is 5.86. The van der Waals surface area contributed by atoms with E-state index in [-0.39, 0.29) is 22.9 Å². The van der Waals surface area contributed by atoms with Crippen molar-refractivity contribution in [3.05, 3.63) is 47.6 Å². The smallest absolute Gasteiger partial charge is 0.289 e. The third-order valence-corrected chi connectivity index (χ3v) is 4.87. The third kappa shape index (κ3) is 3.10. The minimum absolute atomic E-state index is 0.173. The zero-order valence-corrected chi connectivity index (χ0v) is 15.7. The molecular formula is C19H15ClN6O3. The molecule has 0 saturated heterocycles. The Hall–Kier alpha value is -3.43. The molecular weight excluding hydrogens is 396 g/mol. The number of benzene rings is 1. The van der Waals surface area contributed by atoms with Crippen molar-refractivity contribution in [2.24, 2.45) is 5.73 Å². The van der Waals surface area contributed by atoms with Crippen molar-refractivity contribution in [1.82, 2.24) is 20.3 Å². The van der Waals surface area contributed by atoms with E-state index in [9.17, 15) is 4.79 Å². The highest BCUT2D eigenvalue weighted by molar-refractivity contribution is 6.29. The number of anilines is 1. The van der Waals surface area contributed by atoms with Gasteiger partial charge in [-0.1, -0.05) is 11.6 Å². The number of hydrogen-bond donors (Lipinski definition) is 3. The van der Waals surface area contributed by atoms with Crippen molar-refractivity contribution in [2.45, 2.75) is 6.04 Å². The Morgan fingerprint density at radius 3 is 2.97 bits per heavy atom. The van der Waals surface area contributed by atoms with Gasteiger partial charge in [0, 0.05) is 30.6 Å². The molecule has 1 aliphatic heterocycles. The fourth-order valence-electron chi connectivity index (χ4n) is 3.32. The number of furan rings is 1. The first-order valence-electron chi connectivity index (χ1n) is 8.89. The quantitative estimate of drug-likeness (QED) is 0.440. The molecule has 4 aromatic rings. The average molecular weight is 411 g/mol. The van der Waals surface area contributed by atoms with Gasteiger partial charge in [0.15, 0.2) is 0 Å². The second-order valence-electron chi connectivity index (χ2n) is 6.53. The van der Waals surface area contributed by atoms with Gasteiger partial charge in [-0.3, -0.25) is 4.79 Å². The van der Waals surface area contributed by atoms with Crippen LogP contribution in [0.1, 0.15) is 10.6 Å². The maximum Gasteiger partial charge on any atom is 0.289 e. The molecule has 0 saturated carbocycles. The van der Waals surface area contributed by atoms with Crippen molar-refractivity contribution >= 4 is 45.1 Å². The Kier molecular flexibility index (Phi) is 4.18. The van der Waals surface area contributed by atoms with Crippen molar-refractivity contribution in [1.29, 1.82) is 0 Å². The first kappa shape index (κ1) is 17.7. The maximum absolute atomic E-state index is 12.5. The van der Waals surface area contributed by atoms with Crippen LogP contribution in [0, 0.1) is 0 Å². The number of aromatic nitrogens is 3. The Bertz CT molecular complexity index is 1260. The predicted octanol–water partition coefficient (Wildman–Crippen LogP) is 2.70. The van der Waals surface area contributed by atoms with Crippen LogP contribution in [0.2, 0.25) is 5.15 Å². The number of pyridine rings is 1. The molecule has 0 unspecified atom stereocenters. The van der Waals surface area contributed by atoms with E-state index >= 15 is 0 Å². The number of fused-ring (bicyclic) bond motifs is 5. The fourth-order valence-corrected chi connectivity index (χ4v) is 3.45. The molecule has 1 aliphatic rings. The fraction of sp³-hybridized carbons (Fsp3) is 0.158. The van der Waals surface area contributed by atoms with Crippen LogP contribution in [0.3, 0.4) is 0 Å². The molecule has 1 atom stereocenters. The first-order chi connectivity index (χ1) is 14.1. The lowest BCUT2D eigenvalue weighted by atomic mass is 10.1. The van der Waals surface area contributed by atoms with E-state index in [1.807, 2.05) is 6.07 Å². The average Bonchev–Trinajstić information content (AvgIpc) is 3.02. The number of nitrogens with one attached hydrogen (secondary N) is 2. The van der Waals surface area contributed by atoms with E-state index in [0.717, 1.165) is 10.8 Å². The van der Waals surface area contributed by atoms with E-state index in [1.165, 1.54) is 12.4 Å². The molecule has 10 heteroatoms. The highest BCUT2D eigenvalue weighted by atomic mass is 35.5. The number of hydrogen-bond acceptors (Lipinski definition) is 8. The Morgan fingerprint density at radius 2 is 2.14 bits per heavy atom. The molecule has 3 aromatic heterocycles. The second kappa shape index (κ2) is 6.87. The van der Waals surface area contributed by atoms with E-state index in [2.05, 4.69) is 25.6 Å². The molecule has 29 heavy (non-hydrogen) atoms. The van der Waals surface area contributed by atoms with Crippen molar-refractivity contribution in [3.63, 3.8) is 0 Å². The summed E-state index contributed by atoms with van der Waals surface area (Å²) < 4.78 is 11.5. The highest BCUT2D eigenvalue weighted by Crippen LogP contribution is 2.37. The van der Waals surface area contributed by atoms with Crippen molar-refractivity contribution < 1.29 is 13.9 Å². The van der Waals surface area contributed by atoms with E-state index in [1.54, 1.807) is 18.2 Å². The Morgan fingerprint density at radius 1 is 1.24 bits per heavy atom. The maximum atomic E-state index is 12.5. The van der Waals surface area contributed by atoms with E-state index in [0.29, 0.717) is 41.6 Å². The largest absolute Gasteiger partial charge is 0.449 e. The number of halogens is 1. The predicted molar refractivity (Wildman–Crippen MR) is 107 cm³/mol. The minimum Gasteiger partial charge on any atom is -0.449 e. The van der Waals surface area contributed by atoms with Crippen LogP contribution in [-0.4, -0.2) is 40.0 Å². The van der Waals surface area contributed by atoms with Crippen LogP contribution < -0.4 is 21.1 Å². The molecule has 5 rings (SSSR count). The molecule has 1 aromatic carbocycles. The molecule has 4 heterocycles. The molecule has 146 valence electrons. The Labute approximate surface area is 169 Å². The molecule has 0 aliphatic carbocycles. The number of amides is 1. The van der Waals surface area contributed by atoms with Gasteiger partial charge < -0.3 is 25.5 Å². The van der Waals surface area contributed by atoms with Gasteiger partial charge in [0.25, 0.3) is 5.91 Å². The van der Waals surface area contributed by atoms with Crippen LogP contribution in [0.5, 0.6) is 11.8 Å². The van der Waals surface area contributed by atoms with Crippen LogP contribution in [0.15, 0.2) is 41.1 Å². The summed E-state index contributed by atoms with van der Waals surface area (Å²) in [5, 5.41) is 8.03. The van der Waals surface area contributed by atoms with Gasteiger partial charge >= 0.3 is 0 Å². The van der Waals surface area contributed by atoms with Gasteiger partial charge in [-0.25, -0.2) is 15.0 Å². The number of nitrogens with two attached hydrogens (primary N) is 1. The van der Waals surface area contributed by atoms with Gasteiger partial charge in [0.2, 0.25) is 17.5 Å². The normalized spacial score (nSPS) is 16.2. The molecule has 0 fully saturated rings. The van der Waals surface area contributed by atoms with Gasteiger partial charge in [-0.15, -0.1) is 0 Å². The standard InChI is InChI=1S/C19H15ClN6O3/c20-13-5-15(24-8-23-13)29-14-4-1-10-11(26-14)2-3-12-16(10)17-18(28-12)19(27)25-9(6-21)7-22-17/h1-5,8-9,22H,6-7,21H2,(H,25,27)/t9-/m1/s1. The van der Waals surface area contributed by atoms with Crippen molar-refractivity contribution in [3.8, 4) is 11.8 Å². The monoisotopic (exact) mass is 410 g/mol. The number of carbonyl (C=O) groups is 1. The minimum atomic E-state index is -0.293. The number of carbonyl (C=O) groups excluding carboxylic acids is 1. The van der Waals surface area contributed by atoms with Crippen LogP contribution >= 0.6 is 11.6 Å². The molecule has 0 bridgehead atoms. The van der Waals surface area contributed by atoms with Gasteiger partial charge in [0.1, 0.15) is 17.1 Å². The molecule has 1 amide bonds. The summed E-state index contributed by atoms with van der Waals surface area (Å²) in [4.78, 5) is 24.9. The van der Waals surface area contributed by atoms with E-state index < -0.39 is 0 Å². The van der Waals surface area contributed by atoms with Crippen LogP contribution in [0.25, 0.3) is 21.9 Å². The summed E-state index contributed by atoms with van der Waals surface area (Å²) in [6.07, 6.45) is 1.31. The second-order valence-corrected chi connectivity index (χ2v) is 6.92. The number of nitrogens with zero attached hydrogens (tertiary/aromatic N) is 3. The summed E-state index contributed by atoms with van der Waals surface area (Å²) in [5.74, 6) is 0.592. The number of rotatable bonds is 3. The summed E-state index contributed by atoms with van der Waals surface area (Å²) in [7, 11) is 0. The highest BCUT2D eigenvalue weighted by Gasteiger charge is 2.27. The molecule has 4 N–H and O–H groups in total. The summed E-state index contributed by atoms with van der Waals surface area (Å²) in [5.41, 5.74) is 7.61. The number of ether oxygens (including phenoxy) is 1. The third-order valence-electron chi connectivity index (χ3n) is 4.67. The topological polar surface area (TPSA) is 128 Å².